The van der Waals surface area contributed by atoms with E-state index < -0.39 is 0 Å². The Kier molecular flexibility index (Phi) is 8.52. The molecule has 0 aromatic heterocycles. The predicted molar refractivity (Wildman–Crippen MR) is 111 cm³/mol. The van der Waals surface area contributed by atoms with E-state index in [0.29, 0.717) is 31.6 Å². The first-order chi connectivity index (χ1) is 12.6. The summed E-state index contributed by atoms with van der Waals surface area (Å²) in [5.41, 5.74) is 7.20. The largest absolute Gasteiger partial charge is 0.379 e. The molecule has 3 aliphatic rings. The quantitative estimate of drug-likeness (QED) is 0.748. The van der Waals surface area contributed by atoms with Crippen molar-refractivity contribution < 1.29 is 13.9 Å². The van der Waals surface area contributed by atoms with Crippen LogP contribution >= 0.6 is 24.8 Å². The third-order valence-corrected chi connectivity index (χ3v) is 6.47. The molecule has 1 aromatic carbocycles. The van der Waals surface area contributed by atoms with Crippen molar-refractivity contribution in [3.63, 3.8) is 0 Å². The molecule has 8 heteroatoms. The van der Waals surface area contributed by atoms with E-state index >= 15 is 0 Å². The summed E-state index contributed by atoms with van der Waals surface area (Å²) < 4.78 is 19.2. The van der Waals surface area contributed by atoms with Crippen molar-refractivity contribution in [1.82, 2.24) is 10.2 Å². The summed E-state index contributed by atoms with van der Waals surface area (Å²) in [7, 11) is 0. The molecule has 1 amide bonds. The number of nitrogens with one attached hydrogen (secondary N) is 1. The molecule has 5 nitrogen and oxygen atoms in total. The van der Waals surface area contributed by atoms with Crippen LogP contribution in [-0.4, -0.2) is 49.7 Å². The molecule has 2 aliphatic carbocycles. The minimum atomic E-state index is -0.248. The summed E-state index contributed by atoms with van der Waals surface area (Å²) in [6, 6.07) is 6.62. The third kappa shape index (κ3) is 4.79. The van der Waals surface area contributed by atoms with E-state index in [1.54, 1.807) is 12.1 Å². The molecule has 5 unspecified atom stereocenters. The molecule has 0 spiro atoms. The van der Waals surface area contributed by atoms with Crippen LogP contribution in [0.25, 0.3) is 0 Å². The molecule has 4 rings (SSSR count). The maximum absolute atomic E-state index is 13.7. The zero-order chi connectivity index (χ0) is 18.1. The van der Waals surface area contributed by atoms with Gasteiger partial charge in [0.15, 0.2) is 0 Å². The third-order valence-electron chi connectivity index (χ3n) is 6.47. The lowest BCUT2D eigenvalue weighted by Crippen LogP contribution is -2.48. The topological polar surface area (TPSA) is 67.6 Å². The lowest BCUT2D eigenvalue weighted by atomic mass is 9.84. The summed E-state index contributed by atoms with van der Waals surface area (Å²) in [5, 5.41) is 3.13. The summed E-state index contributed by atoms with van der Waals surface area (Å²) in [6.07, 6.45) is 3.37. The minimum Gasteiger partial charge on any atom is -0.379 e. The number of morpholine rings is 1. The van der Waals surface area contributed by atoms with Crippen LogP contribution in [0, 0.1) is 23.6 Å². The molecule has 3 N–H and O–H groups in total. The molecule has 158 valence electrons. The number of ether oxygens (including phenoxy) is 1. The predicted octanol–water partition coefficient (Wildman–Crippen LogP) is 2.53. The molecule has 1 saturated heterocycles. The first-order valence-corrected chi connectivity index (χ1v) is 9.74. The second-order valence-corrected chi connectivity index (χ2v) is 7.90. The highest BCUT2D eigenvalue weighted by Crippen LogP contribution is 2.47. The van der Waals surface area contributed by atoms with Crippen LogP contribution in [0.3, 0.4) is 0 Å². The van der Waals surface area contributed by atoms with Crippen LogP contribution in [0.15, 0.2) is 24.3 Å². The van der Waals surface area contributed by atoms with E-state index in [2.05, 4.69) is 10.2 Å². The first-order valence-electron chi connectivity index (χ1n) is 9.74. The van der Waals surface area contributed by atoms with Crippen molar-refractivity contribution in [2.24, 2.45) is 23.5 Å². The maximum Gasteiger partial charge on any atom is 0.225 e. The number of hydrogen-bond donors (Lipinski definition) is 2. The van der Waals surface area contributed by atoms with Gasteiger partial charge in [0.25, 0.3) is 0 Å². The van der Waals surface area contributed by atoms with E-state index in [9.17, 15) is 9.18 Å². The van der Waals surface area contributed by atoms with Gasteiger partial charge < -0.3 is 15.8 Å². The number of nitrogens with zero attached hydrogens (tertiary/aromatic N) is 1. The number of carbonyl (C=O) groups is 1. The van der Waals surface area contributed by atoms with Crippen LogP contribution in [-0.2, 0) is 9.53 Å². The number of carbonyl (C=O) groups excluding carboxylic acids is 1. The zero-order valence-corrected chi connectivity index (χ0v) is 17.5. The fourth-order valence-electron chi connectivity index (χ4n) is 5.10. The fourth-order valence-corrected chi connectivity index (χ4v) is 5.10. The highest BCUT2D eigenvalue weighted by Gasteiger charge is 2.49. The second kappa shape index (κ2) is 10.2. The summed E-state index contributed by atoms with van der Waals surface area (Å²) in [6.45, 7) is 3.37. The van der Waals surface area contributed by atoms with Gasteiger partial charge in [0.05, 0.1) is 25.2 Å². The number of halogens is 3. The lowest BCUT2D eigenvalue weighted by molar-refractivity contribution is -0.127. The standard InChI is InChI=1S/C20H28FN3O2.2ClH/c21-16-3-1-2-13(11-16)17(24-6-8-26-9-7-24)12-23-20(25)18-14-4-5-15(10-14)19(18)22;;/h1-3,11,14-15,17-19H,4-10,12,22H2,(H,23,25);2*1H. The number of fused-ring (bicyclic) bond motifs is 2. The van der Waals surface area contributed by atoms with Crippen LogP contribution < -0.4 is 11.1 Å². The summed E-state index contributed by atoms with van der Waals surface area (Å²) in [4.78, 5) is 15.1. The maximum atomic E-state index is 13.7. The van der Waals surface area contributed by atoms with Crippen molar-refractivity contribution >= 4 is 30.7 Å². The molecule has 2 bridgehead atoms. The minimum absolute atomic E-state index is 0. The van der Waals surface area contributed by atoms with Crippen molar-refractivity contribution in [2.75, 3.05) is 32.8 Å². The van der Waals surface area contributed by atoms with Crippen LogP contribution in [0.1, 0.15) is 30.9 Å². The van der Waals surface area contributed by atoms with Crippen LogP contribution in [0.5, 0.6) is 0 Å². The normalized spacial score (nSPS) is 30.2. The second-order valence-electron chi connectivity index (χ2n) is 7.90. The van der Waals surface area contributed by atoms with Crippen molar-refractivity contribution in [1.29, 1.82) is 0 Å². The smallest absolute Gasteiger partial charge is 0.225 e. The number of rotatable bonds is 5. The monoisotopic (exact) mass is 433 g/mol. The number of nitrogens with two attached hydrogens (primary N) is 1. The first kappa shape index (κ1) is 23.4. The summed E-state index contributed by atoms with van der Waals surface area (Å²) >= 11 is 0. The number of amides is 1. The Hall–Kier alpha value is -0.920. The zero-order valence-electron chi connectivity index (χ0n) is 15.9. The van der Waals surface area contributed by atoms with E-state index in [0.717, 1.165) is 37.9 Å². The van der Waals surface area contributed by atoms with Gasteiger partial charge in [-0.05, 0) is 48.8 Å². The molecule has 1 heterocycles. The molecule has 2 saturated carbocycles. The van der Waals surface area contributed by atoms with Gasteiger partial charge >= 0.3 is 0 Å². The Labute approximate surface area is 178 Å². The van der Waals surface area contributed by atoms with Gasteiger partial charge in [-0.2, -0.15) is 0 Å². The molecule has 5 atom stereocenters. The van der Waals surface area contributed by atoms with Gasteiger partial charge in [-0.15, -0.1) is 24.8 Å². The van der Waals surface area contributed by atoms with E-state index in [-0.39, 0.29) is 54.5 Å². The van der Waals surface area contributed by atoms with Gasteiger partial charge in [-0.1, -0.05) is 12.1 Å². The van der Waals surface area contributed by atoms with E-state index in [4.69, 9.17) is 10.5 Å². The average molecular weight is 434 g/mol. The van der Waals surface area contributed by atoms with Gasteiger partial charge in [-0.3, -0.25) is 9.69 Å². The highest BCUT2D eigenvalue weighted by molar-refractivity contribution is 5.85. The van der Waals surface area contributed by atoms with E-state index in [1.807, 2.05) is 6.07 Å². The van der Waals surface area contributed by atoms with Crippen molar-refractivity contribution in [3.05, 3.63) is 35.6 Å². The Morgan fingerprint density at radius 1 is 1.25 bits per heavy atom. The molecule has 28 heavy (non-hydrogen) atoms. The molecular weight excluding hydrogens is 404 g/mol. The molecule has 0 radical (unpaired) electrons. The average Bonchev–Trinajstić information content (AvgIpc) is 3.24. The Balaban J connectivity index is 0.00000140. The van der Waals surface area contributed by atoms with Crippen molar-refractivity contribution in [3.8, 4) is 0 Å². The molecular formula is C20H30Cl2FN3O2. The van der Waals surface area contributed by atoms with Gasteiger partial charge in [0.1, 0.15) is 5.82 Å². The van der Waals surface area contributed by atoms with Crippen LogP contribution in [0.4, 0.5) is 4.39 Å². The van der Waals surface area contributed by atoms with Gasteiger partial charge in [0.2, 0.25) is 5.91 Å². The van der Waals surface area contributed by atoms with Gasteiger partial charge in [0, 0.05) is 25.7 Å². The van der Waals surface area contributed by atoms with Crippen LogP contribution in [0.2, 0.25) is 0 Å². The lowest BCUT2D eigenvalue weighted by Gasteiger charge is -2.35. The fraction of sp³-hybridized carbons (Fsp3) is 0.650. The number of benzene rings is 1. The SMILES string of the molecule is Cl.Cl.NC1C2CCC(C2)C1C(=O)NCC(c1cccc(F)c1)N1CCOCC1. The number of hydrogen-bond acceptors (Lipinski definition) is 4. The van der Waals surface area contributed by atoms with Crippen molar-refractivity contribution in [2.45, 2.75) is 31.3 Å². The molecule has 1 aromatic rings. The Morgan fingerprint density at radius 2 is 1.96 bits per heavy atom. The molecule has 3 fully saturated rings. The summed E-state index contributed by atoms with van der Waals surface area (Å²) in [5.74, 6) is 0.702. The highest BCUT2D eigenvalue weighted by atomic mass is 35.5. The van der Waals surface area contributed by atoms with E-state index in [1.165, 1.54) is 6.07 Å². The Morgan fingerprint density at radius 3 is 2.61 bits per heavy atom. The molecule has 1 aliphatic heterocycles. The van der Waals surface area contributed by atoms with Gasteiger partial charge in [-0.25, -0.2) is 4.39 Å². The Bertz CT molecular complexity index is 658.